The van der Waals surface area contributed by atoms with Crippen molar-refractivity contribution < 1.29 is 0 Å². The summed E-state index contributed by atoms with van der Waals surface area (Å²) >= 11 is 5.22. The molecule has 0 bridgehead atoms. The molecule has 1 heterocycles. The molecular weight excluding hydrogens is 294 g/mol. The summed E-state index contributed by atoms with van der Waals surface area (Å²) in [5, 5.41) is 5.68. The molecule has 1 aromatic heterocycles. The van der Waals surface area contributed by atoms with Crippen LogP contribution in [0.1, 0.15) is 23.6 Å². The summed E-state index contributed by atoms with van der Waals surface area (Å²) in [6, 6.07) is 10.8. The Balaban J connectivity index is 1.89. The van der Waals surface area contributed by atoms with E-state index in [0.717, 1.165) is 19.5 Å². The summed E-state index contributed by atoms with van der Waals surface area (Å²) in [6.07, 6.45) is 1.10. The first kappa shape index (κ1) is 12.8. The zero-order valence-electron chi connectivity index (χ0n) is 9.87. The molecular formula is C14H16BrNS. The van der Waals surface area contributed by atoms with Crippen molar-refractivity contribution in [2.75, 3.05) is 0 Å². The number of halogens is 1. The number of benzene rings is 1. The number of nitrogens with one attached hydrogen (secondary N) is 1. The maximum atomic E-state index is 3.49. The summed E-state index contributed by atoms with van der Waals surface area (Å²) in [5.41, 5.74) is 4.19. The number of hydrogen-bond acceptors (Lipinski definition) is 2. The van der Waals surface area contributed by atoms with Gasteiger partial charge < -0.3 is 5.32 Å². The van der Waals surface area contributed by atoms with Crippen LogP contribution in [-0.4, -0.2) is 0 Å². The van der Waals surface area contributed by atoms with Crippen molar-refractivity contribution in [3.05, 3.63) is 56.2 Å². The van der Waals surface area contributed by atoms with Crippen molar-refractivity contribution >= 4 is 27.3 Å². The van der Waals surface area contributed by atoms with Crippen molar-refractivity contribution in [3.8, 4) is 0 Å². The summed E-state index contributed by atoms with van der Waals surface area (Å²) in [4.78, 5) is 0. The van der Waals surface area contributed by atoms with Gasteiger partial charge in [0.25, 0.3) is 0 Å². The van der Waals surface area contributed by atoms with E-state index in [1.807, 2.05) is 0 Å². The molecule has 0 spiro atoms. The van der Waals surface area contributed by atoms with Crippen LogP contribution in [0.25, 0.3) is 0 Å². The Morgan fingerprint density at radius 3 is 2.59 bits per heavy atom. The summed E-state index contributed by atoms with van der Waals surface area (Å²) in [7, 11) is 0. The van der Waals surface area contributed by atoms with Crippen LogP contribution in [0.2, 0.25) is 0 Å². The van der Waals surface area contributed by atoms with Crippen molar-refractivity contribution in [2.45, 2.75) is 26.4 Å². The molecule has 0 amide bonds. The molecule has 17 heavy (non-hydrogen) atoms. The van der Waals surface area contributed by atoms with Gasteiger partial charge in [-0.3, -0.25) is 0 Å². The van der Waals surface area contributed by atoms with Gasteiger partial charge in [-0.1, -0.05) is 31.2 Å². The smallest absolute Gasteiger partial charge is 0.0701 e. The van der Waals surface area contributed by atoms with Gasteiger partial charge >= 0.3 is 0 Å². The predicted molar refractivity (Wildman–Crippen MR) is 78.4 cm³/mol. The van der Waals surface area contributed by atoms with E-state index in [4.69, 9.17) is 0 Å². The molecule has 0 atom stereocenters. The van der Waals surface area contributed by atoms with E-state index in [2.05, 4.69) is 63.9 Å². The van der Waals surface area contributed by atoms with Gasteiger partial charge in [0, 0.05) is 13.1 Å². The van der Waals surface area contributed by atoms with Crippen LogP contribution >= 0.6 is 27.3 Å². The first-order valence-electron chi connectivity index (χ1n) is 5.80. The number of aryl methyl sites for hydroxylation is 1. The van der Waals surface area contributed by atoms with E-state index < -0.39 is 0 Å². The van der Waals surface area contributed by atoms with E-state index in [9.17, 15) is 0 Å². The zero-order chi connectivity index (χ0) is 12.1. The Hall–Kier alpha value is -0.640. The highest BCUT2D eigenvalue weighted by Gasteiger charge is 2.00. The largest absolute Gasteiger partial charge is 0.309 e. The minimum Gasteiger partial charge on any atom is -0.309 e. The van der Waals surface area contributed by atoms with Gasteiger partial charge in [-0.15, -0.1) is 11.3 Å². The molecule has 3 heteroatoms. The lowest BCUT2D eigenvalue weighted by Crippen LogP contribution is -2.13. The predicted octanol–water partition coefficient (Wildman–Crippen LogP) is 4.36. The Morgan fingerprint density at radius 1 is 1.18 bits per heavy atom. The molecule has 0 saturated carbocycles. The Labute approximate surface area is 115 Å². The maximum absolute atomic E-state index is 3.49. The van der Waals surface area contributed by atoms with E-state index in [0.29, 0.717) is 0 Å². The van der Waals surface area contributed by atoms with Crippen LogP contribution in [0.15, 0.2) is 39.5 Å². The molecule has 0 aliphatic rings. The summed E-state index contributed by atoms with van der Waals surface area (Å²) in [5.74, 6) is 0. The maximum Gasteiger partial charge on any atom is 0.0701 e. The third-order valence-corrected chi connectivity index (χ3v) is 4.32. The molecule has 2 rings (SSSR count). The molecule has 0 aliphatic heterocycles. The average molecular weight is 310 g/mol. The van der Waals surface area contributed by atoms with Gasteiger partial charge in [0.05, 0.1) is 3.79 Å². The normalized spacial score (nSPS) is 10.7. The van der Waals surface area contributed by atoms with Crippen molar-refractivity contribution in [1.82, 2.24) is 5.32 Å². The lowest BCUT2D eigenvalue weighted by Gasteiger charge is -2.08. The van der Waals surface area contributed by atoms with E-state index in [-0.39, 0.29) is 0 Å². The second-order valence-electron chi connectivity index (χ2n) is 3.98. The van der Waals surface area contributed by atoms with Gasteiger partial charge in [-0.2, -0.15) is 0 Å². The lowest BCUT2D eigenvalue weighted by molar-refractivity contribution is 0.690. The molecule has 90 valence electrons. The summed E-state index contributed by atoms with van der Waals surface area (Å²) < 4.78 is 1.20. The molecule has 0 radical (unpaired) electrons. The molecule has 0 aliphatic carbocycles. The number of rotatable bonds is 5. The van der Waals surface area contributed by atoms with Crippen LogP contribution < -0.4 is 5.32 Å². The third-order valence-electron chi connectivity index (χ3n) is 2.77. The van der Waals surface area contributed by atoms with Gasteiger partial charge in [-0.25, -0.2) is 0 Å². The molecule has 0 fully saturated rings. The topological polar surface area (TPSA) is 12.0 Å². The minimum absolute atomic E-state index is 0.931. The second-order valence-corrected chi connectivity index (χ2v) is 6.28. The fraction of sp³-hybridized carbons (Fsp3) is 0.286. The fourth-order valence-corrected chi connectivity index (χ4v) is 3.06. The number of hydrogen-bond donors (Lipinski definition) is 1. The van der Waals surface area contributed by atoms with Gasteiger partial charge in [0.2, 0.25) is 0 Å². The zero-order valence-corrected chi connectivity index (χ0v) is 12.3. The summed E-state index contributed by atoms with van der Waals surface area (Å²) in [6.45, 7) is 4.08. The quantitative estimate of drug-likeness (QED) is 0.865. The Bertz CT molecular complexity index is 479. The molecule has 2 aromatic rings. The molecule has 0 saturated heterocycles. The van der Waals surface area contributed by atoms with Crippen molar-refractivity contribution in [3.63, 3.8) is 0 Å². The van der Waals surface area contributed by atoms with Crippen LogP contribution in [0.5, 0.6) is 0 Å². The standard InChI is InChI=1S/C14H16BrNS/c1-2-12-5-3-4-6-13(12)9-16-8-11-7-14(15)17-10-11/h3-7,10,16H,2,8-9H2,1H3. The highest BCUT2D eigenvalue weighted by atomic mass is 79.9. The molecule has 1 aromatic carbocycles. The first-order chi connectivity index (χ1) is 8.29. The van der Waals surface area contributed by atoms with Gasteiger partial charge in [0.1, 0.15) is 0 Å². The van der Waals surface area contributed by atoms with Crippen molar-refractivity contribution in [2.24, 2.45) is 0 Å². The third kappa shape index (κ3) is 3.66. The Kier molecular flexibility index (Phi) is 4.77. The SMILES string of the molecule is CCc1ccccc1CNCc1csc(Br)c1. The minimum atomic E-state index is 0.931. The molecule has 1 nitrogen and oxygen atoms in total. The number of thiophene rings is 1. The van der Waals surface area contributed by atoms with E-state index in [1.165, 1.54) is 20.5 Å². The highest BCUT2D eigenvalue weighted by molar-refractivity contribution is 9.11. The highest BCUT2D eigenvalue weighted by Crippen LogP contribution is 2.20. The van der Waals surface area contributed by atoms with Crippen molar-refractivity contribution in [1.29, 1.82) is 0 Å². The van der Waals surface area contributed by atoms with Crippen LogP contribution in [0.3, 0.4) is 0 Å². The van der Waals surface area contributed by atoms with Crippen LogP contribution in [0.4, 0.5) is 0 Å². The Morgan fingerprint density at radius 2 is 1.94 bits per heavy atom. The second kappa shape index (κ2) is 6.34. The molecule has 1 N–H and O–H groups in total. The van der Waals surface area contributed by atoms with Gasteiger partial charge in [-0.05, 0) is 50.5 Å². The van der Waals surface area contributed by atoms with Gasteiger partial charge in [0.15, 0.2) is 0 Å². The van der Waals surface area contributed by atoms with Crippen LogP contribution in [-0.2, 0) is 19.5 Å². The van der Waals surface area contributed by atoms with E-state index in [1.54, 1.807) is 11.3 Å². The average Bonchev–Trinajstić information content (AvgIpc) is 2.76. The van der Waals surface area contributed by atoms with E-state index >= 15 is 0 Å². The molecule has 0 unspecified atom stereocenters. The van der Waals surface area contributed by atoms with Crippen LogP contribution in [0, 0.1) is 0 Å². The first-order valence-corrected chi connectivity index (χ1v) is 7.47. The monoisotopic (exact) mass is 309 g/mol. The fourth-order valence-electron chi connectivity index (χ4n) is 1.85. The lowest BCUT2D eigenvalue weighted by atomic mass is 10.1.